The van der Waals surface area contributed by atoms with Crippen molar-refractivity contribution in [3.05, 3.63) is 94.5 Å². The molecule has 202 valence electrons. The highest BCUT2D eigenvalue weighted by Gasteiger charge is 2.29. The predicted molar refractivity (Wildman–Crippen MR) is 147 cm³/mol. The van der Waals surface area contributed by atoms with Crippen molar-refractivity contribution in [2.75, 3.05) is 10.6 Å². The molecule has 0 spiro atoms. The number of aromatic carboxylic acids is 1. The second-order valence-electron chi connectivity index (χ2n) is 9.44. The Hall–Kier alpha value is -4.21. The van der Waals surface area contributed by atoms with Gasteiger partial charge in [-0.3, -0.25) is 14.4 Å². The van der Waals surface area contributed by atoms with Gasteiger partial charge in [-0.2, -0.15) is 0 Å². The molecular formula is C29H28ClN3O6. The van der Waals surface area contributed by atoms with Gasteiger partial charge in [-0.1, -0.05) is 48.0 Å². The molecule has 0 heterocycles. The van der Waals surface area contributed by atoms with Crippen molar-refractivity contribution in [3.8, 4) is 0 Å². The number of carbonyl (C=O) groups is 4. The maximum atomic E-state index is 13.1. The number of carboxylic acid groups (broad SMARTS) is 1. The highest BCUT2D eigenvalue weighted by Crippen LogP contribution is 2.39. The molecule has 3 atom stereocenters. The number of rotatable bonds is 8. The van der Waals surface area contributed by atoms with Crippen molar-refractivity contribution in [2.45, 2.75) is 43.7 Å². The molecule has 1 aliphatic rings. The van der Waals surface area contributed by atoms with E-state index >= 15 is 0 Å². The number of anilines is 2. The van der Waals surface area contributed by atoms with Gasteiger partial charge in [0.05, 0.1) is 11.7 Å². The lowest BCUT2D eigenvalue weighted by atomic mass is 9.95. The van der Waals surface area contributed by atoms with Crippen molar-refractivity contribution in [1.29, 1.82) is 0 Å². The van der Waals surface area contributed by atoms with Crippen LogP contribution in [-0.4, -0.2) is 46.0 Å². The lowest BCUT2D eigenvalue weighted by Gasteiger charge is -2.20. The molecule has 0 saturated heterocycles. The SMILES string of the molecule is O=C(Nc1cc(Cl)ccc1C1CC[C@@H](O)C1)C(=O)N[C@@H](Cc1ccccc1)C(=O)Nc1ccc(C(=O)O)cc1. The molecule has 39 heavy (non-hydrogen) atoms. The highest BCUT2D eigenvalue weighted by atomic mass is 35.5. The number of carboxylic acids is 1. The molecule has 3 aromatic carbocycles. The first-order chi connectivity index (χ1) is 18.7. The molecule has 1 unspecified atom stereocenters. The van der Waals surface area contributed by atoms with E-state index in [0.29, 0.717) is 29.2 Å². The molecule has 0 aromatic heterocycles. The third-order valence-corrected chi connectivity index (χ3v) is 6.85. The number of amides is 3. The maximum absolute atomic E-state index is 13.1. The van der Waals surface area contributed by atoms with Crippen molar-refractivity contribution in [1.82, 2.24) is 5.32 Å². The van der Waals surface area contributed by atoms with E-state index in [0.717, 1.165) is 17.5 Å². The number of halogens is 1. The van der Waals surface area contributed by atoms with Crippen molar-refractivity contribution >= 4 is 46.7 Å². The summed E-state index contributed by atoms with van der Waals surface area (Å²) < 4.78 is 0. The zero-order valence-corrected chi connectivity index (χ0v) is 21.6. The number of aliphatic hydroxyl groups is 1. The minimum atomic E-state index is -1.10. The first kappa shape index (κ1) is 27.8. The molecule has 0 bridgehead atoms. The predicted octanol–water partition coefficient (Wildman–Crippen LogP) is 3.97. The monoisotopic (exact) mass is 549 g/mol. The number of nitrogens with one attached hydrogen (secondary N) is 3. The fourth-order valence-corrected chi connectivity index (χ4v) is 4.79. The fraction of sp³-hybridized carbons (Fsp3) is 0.241. The van der Waals surface area contributed by atoms with Crippen LogP contribution in [-0.2, 0) is 20.8 Å². The van der Waals surface area contributed by atoms with Crippen molar-refractivity contribution < 1.29 is 29.4 Å². The number of carbonyl (C=O) groups excluding carboxylic acids is 3. The maximum Gasteiger partial charge on any atom is 0.335 e. The molecule has 0 radical (unpaired) electrons. The number of aliphatic hydroxyl groups excluding tert-OH is 1. The average molecular weight is 550 g/mol. The second-order valence-corrected chi connectivity index (χ2v) is 9.87. The lowest BCUT2D eigenvalue weighted by Crippen LogP contribution is -2.49. The summed E-state index contributed by atoms with van der Waals surface area (Å²) in [5.74, 6) is -3.63. The normalized spacial score (nSPS) is 17.2. The quantitative estimate of drug-likeness (QED) is 0.269. The highest BCUT2D eigenvalue weighted by molar-refractivity contribution is 6.40. The Labute approximate surface area is 230 Å². The fourth-order valence-electron chi connectivity index (χ4n) is 4.62. The van der Waals surface area contributed by atoms with Crippen LogP contribution in [0.2, 0.25) is 5.02 Å². The van der Waals surface area contributed by atoms with Crippen LogP contribution in [0, 0.1) is 0 Å². The van der Waals surface area contributed by atoms with E-state index in [1.807, 2.05) is 6.07 Å². The van der Waals surface area contributed by atoms with Crippen LogP contribution in [0.5, 0.6) is 0 Å². The van der Waals surface area contributed by atoms with E-state index in [4.69, 9.17) is 16.7 Å². The Morgan fingerprint density at radius 1 is 0.897 bits per heavy atom. The number of hydrogen-bond acceptors (Lipinski definition) is 5. The zero-order chi connectivity index (χ0) is 27.9. The summed E-state index contributed by atoms with van der Waals surface area (Å²) in [7, 11) is 0. The Morgan fingerprint density at radius 2 is 1.62 bits per heavy atom. The summed E-state index contributed by atoms with van der Waals surface area (Å²) in [4.78, 5) is 50.1. The van der Waals surface area contributed by atoms with Crippen LogP contribution >= 0.6 is 11.6 Å². The van der Waals surface area contributed by atoms with Gasteiger partial charge in [0.15, 0.2) is 0 Å². The van der Waals surface area contributed by atoms with Crippen LogP contribution in [0.1, 0.15) is 46.7 Å². The Bertz CT molecular complexity index is 1360. The molecule has 9 nitrogen and oxygen atoms in total. The van der Waals surface area contributed by atoms with Gasteiger partial charge in [0.2, 0.25) is 5.91 Å². The molecule has 1 saturated carbocycles. The zero-order valence-electron chi connectivity index (χ0n) is 20.9. The van der Waals surface area contributed by atoms with Crippen LogP contribution in [0.4, 0.5) is 11.4 Å². The van der Waals surface area contributed by atoms with E-state index in [2.05, 4.69) is 16.0 Å². The van der Waals surface area contributed by atoms with E-state index in [1.165, 1.54) is 24.3 Å². The van der Waals surface area contributed by atoms with Gasteiger partial charge in [-0.25, -0.2) is 4.79 Å². The molecule has 1 aliphatic carbocycles. The Morgan fingerprint density at radius 3 is 2.26 bits per heavy atom. The Kier molecular flexibility index (Phi) is 8.96. The van der Waals surface area contributed by atoms with Crippen molar-refractivity contribution in [2.24, 2.45) is 0 Å². The van der Waals surface area contributed by atoms with Crippen LogP contribution < -0.4 is 16.0 Å². The number of benzene rings is 3. The summed E-state index contributed by atoms with van der Waals surface area (Å²) in [5, 5.41) is 27.2. The minimum Gasteiger partial charge on any atom is -0.478 e. The van der Waals surface area contributed by atoms with E-state index in [9.17, 15) is 24.3 Å². The summed E-state index contributed by atoms with van der Waals surface area (Å²) in [6, 6.07) is 18.5. The third-order valence-electron chi connectivity index (χ3n) is 6.62. The number of hydrogen-bond donors (Lipinski definition) is 5. The smallest absolute Gasteiger partial charge is 0.335 e. The molecule has 4 rings (SSSR count). The molecule has 3 aromatic rings. The first-order valence-corrected chi connectivity index (χ1v) is 12.8. The van der Waals surface area contributed by atoms with Gasteiger partial charge >= 0.3 is 17.8 Å². The van der Waals surface area contributed by atoms with Crippen molar-refractivity contribution in [3.63, 3.8) is 0 Å². The van der Waals surface area contributed by atoms with Crippen LogP contribution in [0.25, 0.3) is 0 Å². The van der Waals surface area contributed by atoms with Gasteiger partial charge in [0.1, 0.15) is 6.04 Å². The van der Waals surface area contributed by atoms with Gasteiger partial charge < -0.3 is 26.2 Å². The molecule has 0 aliphatic heterocycles. The topological polar surface area (TPSA) is 145 Å². The summed E-state index contributed by atoms with van der Waals surface area (Å²) in [5.41, 5.74) is 2.32. The van der Waals surface area contributed by atoms with E-state index in [1.54, 1.807) is 42.5 Å². The summed E-state index contributed by atoms with van der Waals surface area (Å²) >= 11 is 6.15. The van der Waals surface area contributed by atoms with E-state index in [-0.39, 0.29) is 17.9 Å². The van der Waals surface area contributed by atoms with Gasteiger partial charge in [0, 0.05) is 22.8 Å². The lowest BCUT2D eigenvalue weighted by molar-refractivity contribution is -0.137. The third kappa shape index (κ3) is 7.43. The molecule has 5 N–H and O–H groups in total. The largest absolute Gasteiger partial charge is 0.478 e. The van der Waals surface area contributed by atoms with Gasteiger partial charge in [-0.15, -0.1) is 0 Å². The minimum absolute atomic E-state index is 0.0137. The average Bonchev–Trinajstić information content (AvgIpc) is 3.35. The van der Waals surface area contributed by atoms with E-state index < -0.39 is 35.8 Å². The first-order valence-electron chi connectivity index (χ1n) is 12.5. The van der Waals surface area contributed by atoms with Gasteiger partial charge in [0.25, 0.3) is 0 Å². The molecule has 1 fully saturated rings. The standard InChI is InChI=1S/C29H28ClN3O6/c30-20-9-13-23(19-8-12-22(34)15-19)24(16-20)32-27(36)28(37)33-25(14-17-4-2-1-3-5-17)26(35)31-21-10-6-18(7-11-21)29(38)39/h1-7,9-11,13,16,19,22,25,34H,8,12,14-15H2,(H,31,35)(H,32,36)(H,33,37)(H,38,39)/t19?,22-,25+/m1/s1. The van der Waals surface area contributed by atoms with Crippen LogP contribution in [0.15, 0.2) is 72.8 Å². The second kappa shape index (κ2) is 12.6. The summed E-state index contributed by atoms with van der Waals surface area (Å²) in [6.45, 7) is 0. The van der Waals surface area contributed by atoms with Crippen LogP contribution in [0.3, 0.4) is 0 Å². The molecule has 10 heteroatoms. The summed E-state index contributed by atoms with van der Waals surface area (Å²) in [6.07, 6.45) is 1.63. The van der Waals surface area contributed by atoms with Gasteiger partial charge in [-0.05, 0) is 72.7 Å². The molecular weight excluding hydrogens is 522 g/mol. The Balaban J connectivity index is 1.49. The molecule has 3 amide bonds.